The van der Waals surface area contributed by atoms with Crippen LogP contribution in [0.25, 0.3) is 11.4 Å². The van der Waals surface area contributed by atoms with Crippen LogP contribution >= 0.6 is 23.4 Å². The lowest BCUT2D eigenvalue weighted by Gasteiger charge is -2.07. The summed E-state index contributed by atoms with van der Waals surface area (Å²) < 4.78 is 12.6. The Morgan fingerprint density at radius 3 is 2.58 bits per heavy atom. The first-order valence-electron chi connectivity index (χ1n) is 8.13. The zero-order chi connectivity index (χ0) is 18.4. The molecule has 2 aromatic carbocycles. The molecule has 0 saturated heterocycles. The number of nitrogens with two attached hydrogens (primary N) is 1. The summed E-state index contributed by atoms with van der Waals surface area (Å²) in [6.45, 7) is 3.06. The molecule has 0 atom stereocenters. The number of benzene rings is 2. The molecule has 1 aromatic heterocycles. The van der Waals surface area contributed by atoms with Crippen molar-refractivity contribution in [3.05, 3.63) is 53.6 Å². The number of hydrogen-bond acceptors (Lipinski definition) is 6. The van der Waals surface area contributed by atoms with Gasteiger partial charge in [0.1, 0.15) is 11.5 Å². The molecule has 8 heteroatoms. The maximum Gasteiger partial charge on any atom is 0.210 e. The van der Waals surface area contributed by atoms with Crippen LogP contribution in [0.3, 0.4) is 0 Å². The van der Waals surface area contributed by atoms with Crippen LogP contribution in [0.2, 0.25) is 5.02 Å². The van der Waals surface area contributed by atoms with Crippen LogP contribution in [-0.2, 0) is 0 Å². The third-order valence-electron chi connectivity index (χ3n) is 3.50. The Morgan fingerprint density at radius 2 is 1.85 bits per heavy atom. The standard InChI is InChI=1S/C18H19ClN4O2S/c1-2-24-14-9-7-13(8-10-14)17-21-22-18(23(17)20)26-12-11-25-16-6-4-3-5-15(16)19/h3-10H,2,11-12,20H2,1H3. The third-order valence-corrected chi connectivity index (χ3v) is 4.72. The van der Waals surface area contributed by atoms with E-state index in [2.05, 4.69) is 10.2 Å². The van der Waals surface area contributed by atoms with Crippen LogP contribution in [0.1, 0.15) is 6.92 Å². The molecule has 0 unspecified atom stereocenters. The Morgan fingerprint density at radius 1 is 1.08 bits per heavy atom. The molecule has 0 bridgehead atoms. The molecule has 3 rings (SSSR count). The molecule has 0 radical (unpaired) electrons. The summed E-state index contributed by atoms with van der Waals surface area (Å²) in [6.07, 6.45) is 0. The number of thioether (sulfide) groups is 1. The SMILES string of the molecule is CCOc1ccc(-c2nnc(SCCOc3ccccc3Cl)n2N)cc1. The molecular formula is C18H19ClN4O2S. The summed E-state index contributed by atoms with van der Waals surface area (Å²) in [5, 5.41) is 9.54. The first kappa shape index (κ1) is 18.4. The number of ether oxygens (including phenoxy) is 2. The molecule has 0 aliphatic rings. The van der Waals surface area contributed by atoms with Crippen molar-refractivity contribution in [1.29, 1.82) is 0 Å². The Labute approximate surface area is 161 Å². The van der Waals surface area contributed by atoms with Gasteiger partial charge in [-0.3, -0.25) is 0 Å². The van der Waals surface area contributed by atoms with Gasteiger partial charge in [0.15, 0.2) is 5.82 Å². The molecule has 26 heavy (non-hydrogen) atoms. The number of halogens is 1. The van der Waals surface area contributed by atoms with E-state index < -0.39 is 0 Å². The monoisotopic (exact) mass is 390 g/mol. The number of rotatable bonds is 8. The van der Waals surface area contributed by atoms with Crippen molar-refractivity contribution in [2.45, 2.75) is 12.1 Å². The van der Waals surface area contributed by atoms with Crippen LogP contribution in [0.15, 0.2) is 53.7 Å². The second kappa shape index (κ2) is 8.82. The fourth-order valence-corrected chi connectivity index (χ4v) is 3.15. The minimum absolute atomic E-state index is 0.486. The van der Waals surface area contributed by atoms with Gasteiger partial charge in [-0.15, -0.1) is 10.2 Å². The van der Waals surface area contributed by atoms with Gasteiger partial charge in [0, 0.05) is 11.3 Å². The number of para-hydroxylation sites is 1. The Hall–Kier alpha value is -2.38. The Kier molecular flexibility index (Phi) is 6.25. The van der Waals surface area contributed by atoms with Crippen LogP contribution in [0.5, 0.6) is 11.5 Å². The highest BCUT2D eigenvalue weighted by Crippen LogP contribution is 2.25. The zero-order valence-electron chi connectivity index (χ0n) is 14.3. The fraction of sp³-hybridized carbons (Fsp3) is 0.222. The van der Waals surface area contributed by atoms with E-state index in [-0.39, 0.29) is 0 Å². The van der Waals surface area contributed by atoms with Crippen molar-refractivity contribution in [3.8, 4) is 22.9 Å². The minimum Gasteiger partial charge on any atom is -0.494 e. The lowest BCUT2D eigenvalue weighted by Crippen LogP contribution is -2.12. The molecule has 1 heterocycles. The highest BCUT2D eigenvalue weighted by molar-refractivity contribution is 7.99. The van der Waals surface area contributed by atoms with Crippen molar-refractivity contribution in [2.24, 2.45) is 0 Å². The highest BCUT2D eigenvalue weighted by Gasteiger charge is 2.12. The van der Waals surface area contributed by atoms with Crippen molar-refractivity contribution < 1.29 is 9.47 Å². The van der Waals surface area contributed by atoms with Crippen molar-refractivity contribution in [1.82, 2.24) is 14.9 Å². The molecule has 0 fully saturated rings. The van der Waals surface area contributed by atoms with Crippen molar-refractivity contribution in [2.75, 3.05) is 24.8 Å². The molecule has 0 spiro atoms. The number of aromatic nitrogens is 3. The van der Waals surface area contributed by atoms with E-state index in [0.29, 0.717) is 40.7 Å². The predicted molar refractivity (Wildman–Crippen MR) is 104 cm³/mol. The highest BCUT2D eigenvalue weighted by atomic mass is 35.5. The van der Waals surface area contributed by atoms with Crippen LogP contribution < -0.4 is 15.3 Å². The maximum absolute atomic E-state index is 6.13. The lowest BCUT2D eigenvalue weighted by atomic mass is 10.2. The van der Waals surface area contributed by atoms with Gasteiger partial charge in [0.05, 0.1) is 18.2 Å². The number of nitrogen functional groups attached to an aromatic ring is 1. The van der Waals surface area contributed by atoms with E-state index >= 15 is 0 Å². The smallest absolute Gasteiger partial charge is 0.210 e. The largest absolute Gasteiger partial charge is 0.494 e. The predicted octanol–water partition coefficient (Wildman–Crippen LogP) is 3.88. The van der Waals surface area contributed by atoms with E-state index in [9.17, 15) is 0 Å². The van der Waals surface area contributed by atoms with Crippen LogP contribution in [0, 0.1) is 0 Å². The molecule has 3 aromatic rings. The second-order valence-electron chi connectivity index (χ2n) is 5.26. The summed E-state index contributed by atoms with van der Waals surface area (Å²) in [5.41, 5.74) is 0.877. The van der Waals surface area contributed by atoms with Crippen LogP contribution in [0.4, 0.5) is 0 Å². The van der Waals surface area contributed by atoms with Crippen molar-refractivity contribution in [3.63, 3.8) is 0 Å². The average molecular weight is 391 g/mol. The molecule has 0 aliphatic carbocycles. The van der Waals surface area contributed by atoms with E-state index in [4.69, 9.17) is 26.9 Å². The van der Waals surface area contributed by atoms with E-state index in [1.54, 1.807) is 6.07 Å². The van der Waals surface area contributed by atoms with Gasteiger partial charge in [0.2, 0.25) is 5.16 Å². The van der Waals surface area contributed by atoms with Gasteiger partial charge in [-0.25, -0.2) is 4.68 Å². The molecule has 136 valence electrons. The Balaban J connectivity index is 1.57. The summed E-state index contributed by atoms with van der Waals surface area (Å²) in [7, 11) is 0. The summed E-state index contributed by atoms with van der Waals surface area (Å²) in [6, 6.07) is 15.0. The summed E-state index contributed by atoms with van der Waals surface area (Å²) in [4.78, 5) is 0. The summed E-state index contributed by atoms with van der Waals surface area (Å²) >= 11 is 7.53. The third kappa shape index (κ3) is 4.42. The molecule has 0 saturated carbocycles. The number of hydrogen-bond donors (Lipinski definition) is 1. The summed E-state index contributed by atoms with van der Waals surface area (Å²) in [5.74, 6) is 8.87. The van der Waals surface area contributed by atoms with E-state index in [0.717, 1.165) is 11.3 Å². The molecule has 0 aliphatic heterocycles. The molecular weight excluding hydrogens is 372 g/mol. The van der Waals surface area contributed by atoms with E-state index in [1.807, 2.05) is 49.4 Å². The lowest BCUT2D eigenvalue weighted by molar-refractivity contribution is 0.340. The van der Waals surface area contributed by atoms with Gasteiger partial charge in [0.25, 0.3) is 0 Å². The number of nitrogens with zero attached hydrogens (tertiary/aromatic N) is 3. The first-order chi connectivity index (χ1) is 12.7. The van der Waals surface area contributed by atoms with Crippen molar-refractivity contribution >= 4 is 23.4 Å². The van der Waals surface area contributed by atoms with Gasteiger partial charge >= 0.3 is 0 Å². The van der Waals surface area contributed by atoms with Gasteiger partial charge in [-0.05, 0) is 43.3 Å². The first-order valence-corrected chi connectivity index (χ1v) is 9.49. The Bertz CT molecular complexity index is 855. The van der Waals surface area contributed by atoms with Gasteiger partial charge < -0.3 is 15.3 Å². The topological polar surface area (TPSA) is 75.2 Å². The quantitative estimate of drug-likeness (QED) is 0.357. The average Bonchev–Trinajstić information content (AvgIpc) is 3.02. The molecule has 0 amide bonds. The van der Waals surface area contributed by atoms with Crippen LogP contribution in [-0.4, -0.2) is 33.8 Å². The normalized spacial score (nSPS) is 10.7. The fourth-order valence-electron chi connectivity index (χ4n) is 2.29. The zero-order valence-corrected chi connectivity index (χ0v) is 15.8. The van der Waals surface area contributed by atoms with E-state index in [1.165, 1.54) is 16.4 Å². The minimum atomic E-state index is 0.486. The second-order valence-corrected chi connectivity index (χ2v) is 6.73. The maximum atomic E-state index is 6.13. The molecule has 2 N–H and O–H groups in total. The van der Waals surface area contributed by atoms with Gasteiger partial charge in [-0.1, -0.05) is 35.5 Å². The van der Waals surface area contributed by atoms with Gasteiger partial charge in [-0.2, -0.15) is 0 Å². The molecule has 6 nitrogen and oxygen atoms in total.